The Bertz CT molecular complexity index is 340. The first kappa shape index (κ1) is 20.4. The Morgan fingerprint density at radius 2 is 1.52 bits per heavy atom. The average Bonchev–Trinajstić information content (AvgIpc) is 2.78. The van der Waals surface area contributed by atoms with Gasteiger partial charge in [-0.2, -0.15) is 0 Å². The van der Waals surface area contributed by atoms with E-state index in [-0.39, 0.29) is 12.6 Å². The lowest BCUT2D eigenvalue weighted by Crippen LogP contribution is -2.36. The summed E-state index contributed by atoms with van der Waals surface area (Å²) in [6, 6.07) is 0. The van der Waals surface area contributed by atoms with Crippen LogP contribution in [0.1, 0.15) is 91.9 Å². The van der Waals surface area contributed by atoms with Crippen LogP contribution in [0, 0.1) is 0 Å². The van der Waals surface area contributed by atoms with Crippen LogP contribution < -0.4 is 0 Å². The number of hydrogen-bond donors (Lipinski definition) is 0. The van der Waals surface area contributed by atoms with Gasteiger partial charge in [-0.15, -0.1) is 0 Å². The van der Waals surface area contributed by atoms with Crippen molar-refractivity contribution < 1.29 is 19.0 Å². The van der Waals surface area contributed by atoms with E-state index in [0.717, 1.165) is 12.8 Å². The topological polar surface area (TPSA) is 44.8 Å². The minimum absolute atomic E-state index is 0.123. The highest BCUT2D eigenvalue weighted by Gasteiger charge is 2.42. The monoisotopic (exact) mass is 328 g/mol. The van der Waals surface area contributed by atoms with Gasteiger partial charge in [0.15, 0.2) is 5.79 Å². The number of ether oxygens (including phenoxy) is 3. The molecule has 1 atom stereocenters. The minimum Gasteiger partial charge on any atom is -0.463 e. The normalized spacial score (nSPS) is 23.1. The molecule has 0 aromatic carbocycles. The Hall–Kier alpha value is -0.610. The number of carbonyl (C=O) groups is 1. The standard InChI is InChI=1S/C19H36O4/c1-5-6-7-8-9-10-11-12-13-14-17(20)21-15-19(4)16-22-18(2,3)23-19/h5-16H2,1-4H3/t19-/m0/s1. The fourth-order valence-corrected chi connectivity index (χ4v) is 2.94. The smallest absolute Gasteiger partial charge is 0.305 e. The molecule has 0 aromatic rings. The summed E-state index contributed by atoms with van der Waals surface area (Å²) in [7, 11) is 0. The molecule has 1 saturated heterocycles. The summed E-state index contributed by atoms with van der Waals surface area (Å²) in [6.07, 6.45) is 11.8. The van der Waals surface area contributed by atoms with Crippen molar-refractivity contribution >= 4 is 5.97 Å². The molecular formula is C19H36O4. The van der Waals surface area contributed by atoms with Gasteiger partial charge in [-0.05, 0) is 27.2 Å². The second kappa shape index (κ2) is 10.3. The first-order valence-corrected chi connectivity index (χ1v) is 9.37. The Labute approximate surface area is 142 Å². The molecule has 0 amide bonds. The van der Waals surface area contributed by atoms with Gasteiger partial charge in [-0.25, -0.2) is 0 Å². The fourth-order valence-electron chi connectivity index (χ4n) is 2.94. The molecule has 0 unspecified atom stereocenters. The van der Waals surface area contributed by atoms with E-state index in [0.29, 0.717) is 13.0 Å². The Morgan fingerprint density at radius 3 is 2.04 bits per heavy atom. The number of carbonyl (C=O) groups excluding carboxylic acids is 1. The van der Waals surface area contributed by atoms with Gasteiger partial charge < -0.3 is 14.2 Å². The van der Waals surface area contributed by atoms with Crippen LogP contribution in [0.15, 0.2) is 0 Å². The molecular weight excluding hydrogens is 292 g/mol. The second-order valence-electron chi connectivity index (χ2n) is 7.48. The lowest BCUT2D eigenvalue weighted by molar-refractivity contribution is -0.176. The van der Waals surface area contributed by atoms with Gasteiger partial charge in [0.05, 0.1) is 6.61 Å². The maximum Gasteiger partial charge on any atom is 0.305 e. The van der Waals surface area contributed by atoms with Gasteiger partial charge in [0, 0.05) is 6.42 Å². The lowest BCUT2D eigenvalue weighted by Gasteiger charge is -2.24. The van der Waals surface area contributed by atoms with Gasteiger partial charge in [0.25, 0.3) is 0 Å². The van der Waals surface area contributed by atoms with Crippen LogP contribution in [0.4, 0.5) is 0 Å². The fraction of sp³-hybridized carbons (Fsp3) is 0.947. The molecule has 4 heteroatoms. The molecule has 0 saturated carbocycles. The van der Waals surface area contributed by atoms with Gasteiger partial charge in [0.1, 0.15) is 12.2 Å². The predicted molar refractivity (Wildman–Crippen MR) is 92.3 cm³/mol. The summed E-state index contributed by atoms with van der Waals surface area (Å²) < 4.78 is 16.7. The van der Waals surface area contributed by atoms with Crippen molar-refractivity contribution in [2.75, 3.05) is 13.2 Å². The van der Waals surface area contributed by atoms with Crippen LogP contribution in [0.25, 0.3) is 0 Å². The molecule has 136 valence electrons. The minimum atomic E-state index is -0.585. The highest BCUT2D eigenvalue weighted by Crippen LogP contribution is 2.30. The predicted octanol–water partition coefficient (Wildman–Crippen LogP) is 4.99. The van der Waals surface area contributed by atoms with Crippen LogP contribution in [0.3, 0.4) is 0 Å². The van der Waals surface area contributed by atoms with Crippen LogP contribution >= 0.6 is 0 Å². The first-order chi connectivity index (χ1) is 10.9. The lowest BCUT2D eigenvalue weighted by atomic mass is 10.1. The van der Waals surface area contributed by atoms with E-state index in [4.69, 9.17) is 14.2 Å². The molecule has 1 heterocycles. The SMILES string of the molecule is CCCCCCCCCCCC(=O)OC[C@@]1(C)COC(C)(C)O1. The van der Waals surface area contributed by atoms with Gasteiger partial charge in [-0.1, -0.05) is 58.3 Å². The summed E-state index contributed by atoms with van der Waals surface area (Å²) in [5, 5.41) is 0. The Kier molecular flexibility index (Phi) is 9.15. The molecule has 4 nitrogen and oxygen atoms in total. The largest absolute Gasteiger partial charge is 0.463 e. The number of hydrogen-bond acceptors (Lipinski definition) is 4. The van der Waals surface area contributed by atoms with E-state index in [1.165, 1.54) is 44.9 Å². The van der Waals surface area contributed by atoms with E-state index >= 15 is 0 Å². The van der Waals surface area contributed by atoms with Gasteiger partial charge >= 0.3 is 5.97 Å². The number of unbranched alkanes of at least 4 members (excludes halogenated alkanes) is 8. The summed E-state index contributed by atoms with van der Waals surface area (Å²) in [4.78, 5) is 11.8. The molecule has 0 N–H and O–H groups in total. The molecule has 0 bridgehead atoms. The van der Waals surface area contributed by atoms with Crippen LogP contribution in [0.5, 0.6) is 0 Å². The van der Waals surface area contributed by atoms with Gasteiger partial charge in [0.2, 0.25) is 0 Å². The molecule has 0 radical (unpaired) electrons. The second-order valence-corrected chi connectivity index (χ2v) is 7.48. The molecule has 0 aromatic heterocycles. The third-order valence-electron chi connectivity index (χ3n) is 4.24. The molecule has 0 spiro atoms. The summed E-state index contributed by atoms with van der Waals surface area (Å²) >= 11 is 0. The van der Waals surface area contributed by atoms with Crippen LogP contribution in [-0.2, 0) is 19.0 Å². The van der Waals surface area contributed by atoms with Crippen molar-refractivity contribution in [2.24, 2.45) is 0 Å². The highest BCUT2D eigenvalue weighted by molar-refractivity contribution is 5.69. The molecule has 1 fully saturated rings. The van der Waals surface area contributed by atoms with E-state index < -0.39 is 11.4 Å². The van der Waals surface area contributed by atoms with Crippen molar-refractivity contribution in [1.82, 2.24) is 0 Å². The average molecular weight is 328 g/mol. The maximum atomic E-state index is 11.8. The maximum absolute atomic E-state index is 11.8. The Balaban J connectivity index is 1.97. The molecule has 1 aliphatic rings. The van der Waals surface area contributed by atoms with Gasteiger partial charge in [-0.3, -0.25) is 4.79 Å². The zero-order chi connectivity index (χ0) is 17.2. The Morgan fingerprint density at radius 1 is 0.957 bits per heavy atom. The molecule has 1 aliphatic heterocycles. The quantitative estimate of drug-likeness (QED) is 0.374. The van der Waals surface area contributed by atoms with Crippen molar-refractivity contribution in [3.05, 3.63) is 0 Å². The van der Waals surface area contributed by atoms with Crippen molar-refractivity contribution in [3.8, 4) is 0 Å². The molecule has 1 rings (SSSR count). The third-order valence-corrected chi connectivity index (χ3v) is 4.24. The van der Waals surface area contributed by atoms with Crippen molar-refractivity contribution in [1.29, 1.82) is 0 Å². The zero-order valence-corrected chi connectivity index (χ0v) is 15.6. The first-order valence-electron chi connectivity index (χ1n) is 9.37. The highest BCUT2D eigenvalue weighted by atomic mass is 16.8. The summed E-state index contributed by atoms with van der Waals surface area (Å²) in [6.45, 7) is 8.66. The van der Waals surface area contributed by atoms with E-state index in [1.807, 2.05) is 20.8 Å². The van der Waals surface area contributed by atoms with Crippen molar-refractivity contribution in [2.45, 2.75) is 103 Å². The number of esters is 1. The summed E-state index contributed by atoms with van der Waals surface area (Å²) in [5.41, 5.74) is -0.516. The van der Waals surface area contributed by atoms with Crippen LogP contribution in [-0.4, -0.2) is 30.6 Å². The summed E-state index contributed by atoms with van der Waals surface area (Å²) in [5.74, 6) is -0.708. The zero-order valence-electron chi connectivity index (χ0n) is 15.6. The van der Waals surface area contributed by atoms with E-state index in [1.54, 1.807) is 0 Å². The molecule has 0 aliphatic carbocycles. The number of rotatable bonds is 12. The molecule has 23 heavy (non-hydrogen) atoms. The third kappa shape index (κ3) is 9.31. The van der Waals surface area contributed by atoms with Crippen molar-refractivity contribution in [3.63, 3.8) is 0 Å². The van der Waals surface area contributed by atoms with E-state index in [9.17, 15) is 4.79 Å². The van der Waals surface area contributed by atoms with Crippen LogP contribution in [0.2, 0.25) is 0 Å². The van der Waals surface area contributed by atoms with E-state index in [2.05, 4.69) is 6.92 Å².